The number of hydrogen-bond acceptors (Lipinski definition) is 3. The van der Waals surface area contributed by atoms with Gasteiger partial charge in [0.15, 0.2) is 0 Å². The molecule has 0 spiro atoms. The van der Waals surface area contributed by atoms with Gasteiger partial charge in [0, 0.05) is 17.7 Å². The maximum Gasteiger partial charge on any atom is 0.0999 e. The molecular weight excluding hydrogens is 300 g/mol. The van der Waals surface area contributed by atoms with Crippen LogP contribution in [0, 0.1) is 13.8 Å². The number of nitrogens with zero attached hydrogens (tertiary/aromatic N) is 2. The molecular formula is C20H28N2S. The Balaban J connectivity index is 1.74. The van der Waals surface area contributed by atoms with E-state index < -0.39 is 0 Å². The van der Waals surface area contributed by atoms with E-state index in [2.05, 4.69) is 43.9 Å². The molecule has 3 rings (SSSR count). The van der Waals surface area contributed by atoms with E-state index in [1.54, 1.807) is 0 Å². The van der Waals surface area contributed by atoms with Crippen molar-refractivity contribution in [3.63, 3.8) is 0 Å². The normalized spacial score (nSPS) is 16.1. The summed E-state index contributed by atoms with van der Waals surface area (Å²) >= 11 is 1.94. The van der Waals surface area contributed by atoms with E-state index in [1.165, 1.54) is 66.0 Å². The van der Waals surface area contributed by atoms with Gasteiger partial charge in [0.2, 0.25) is 0 Å². The van der Waals surface area contributed by atoms with Crippen LogP contribution in [0.3, 0.4) is 0 Å². The molecule has 0 saturated carbocycles. The standard InChI is InChI=1S/C20H28N2S/c1-4-17-14-18-12-15(2)16(3)13-19(18)21-20(17)23-11-10-22-8-6-5-7-9-22/h12-14H,4-11H2,1-3H3. The molecule has 2 aromatic rings. The Labute approximate surface area is 144 Å². The summed E-state index contributed by atoms with van der Waals surface area (Å²) in [4.78, 5) is 7.58. The van der Waals surface area contributed by atoms with Crippen molar-refractivity contribution < 1.29 is 0 Å². The van der Waals surface area contributed by atoms with Gasteiger partial charge in [0.25, 0.3) is 0 Å². The highest BCUT2D eigenvalue weighted by molar-refractivity contribution is 7.99. The molecule has 2 heterocycles. The summed E-state index contributed by atoms with van der Waals surface area (Å²) in [6.07, 6.45) is 5.21. The second-order valence-corrected chi connectivity index (χ2v) is 7.77. The number of rotatable bonds is 5. The molecule has 0 amide bonds. The van der Waals surface area contributed by atoms with Gasteiger partial charge in [-0.2, -0.15) is 0 Å². The van der Waals surface area contributed by atoms with E-state index >= 15 is 0 Å². The number of likely N-dealkylation sites (tertiary alicyclic amines) is 1. The monoisotopic (exact) mass is 328 g/mol. The van der Waals surface area contributed by atoms with Gasteiger partial charge in [-0.1, -0.05) is 13.3 Å². The zero-order valence-electron chi connectivity index (χ0n) is 14.7. The van der Waals surface area contributed by atoms with Crippen molar-refractivity contribution in [1.29, 1.82) is 0 Å². The number of thioether (sulfide) groups is 1. The van der Waals surface area contributed by atoms with Crippen LogP contribution in [0.4, 0.5) is 0 Å². The van der Waals surface area contributed by atoms with Gasteiger partial charge in [-0.25, -0.2) is 4.98 Å². The van der Waals surface area contributed by atoms with Crippen molar-refractivity contribution in [3.8, 4) is 0 Å². The van der Waals surface area contributed by atoms with E-state index in [0.717, 1.165) is 17.7 Å². The number of fused-ring (bicyclic) bond motifs is 1. The van der Waals surface area contributed by atoms with Crippen molar-refractivity contribution in [2.75, 3.05) is 25.4 Å². The van der Waals surface area contributed by atoms with Gasteiger partial charge in [-0.3, -0.25) is 0 Å². The summed E-state index contributed by atoms with van der Waals surface area (Å²) in [6.45, 7) is 10.4. The topological polar surface area (TPSA) is 16.1 Å². The molecule has 0 atom stereocenters. The van der Waals surface area contributed by atoms with Crippen LogP contribution in [0.25, 0.3) is 10.9 Å². The molecule has 0 bridgehead atoms. The molecule has 1 aliphatic rings. The quantitative estimate of drug-likeness (QED) is 0.719. The molecule has 0 N–H and O–H groups in total. The van der Waals surface area contributed by atoms with E-state index in [9.17, 15) is 0 Å². The molecule has 23 heavy (non-hydrogen) atoms. The number of hydrogen-bond donors (Lipinski definition) is 0. The summed E-state index contributed by atoms with van der Waals surface area (Å²) in [6, 6.07) is 6.86. The van der Waals surface area contributed by atoms with Crippen LogP contribution >= 0.6 is 11.8 Å². The Bertz CT molecular complexity index is 675. The van der Waals surface area contributed by atoms with Crippen LogP contribution in [-0.4, -0.2) is 35.3 Å². The third-order valence-electron chi connectivity index (χ3n) is 4.95. The lowest BCUT2D eigenvalue weighted by atomic mass is 10.0. The van der Waals surface area contributed by atoms with Crippen molar-refractivity contribution in [3.05, 3.63) is 34.9 Å². The van der Waals surface area contributed by atoms with Crippen LogP contribution in [0.2, 0.25) is 0 Å². The molecule has 124 valence electrons. The highest BCUT2D eigenvalue weighted by atomic mass is 32.2. The lowest BCUT2D eigenvalue weighted by Crippen LogP contribution is -2.31. The summed E-state index contributed by atoms with van der Waals surface area (Å²) in [5, 5.41) is 2.52. The van der Waals surface area contributed by atoms with Crippen LogP contribution in [0.1, 0.15) is 42.9 Å². The van der Waals surface area contributed by atoms with Gasteiger partial charge < -0.3 is 4.90 Å². The van der Waals surface area contributed by atoms with Crippen molar-refractivity contribution >= 4 is 22.7 Å². The molecule has 0 radical (unpaired) electrons. The van der Waals surface area contributed by atoms with Crippen molar-refractivity contribution in [2.45, 2.75) is 51.5 Å². The number of pyridine rings is 1. The van der Waals surface area contributed by atoms with Gasteiger partial charge >= 0.3 is 0 Å². The van der Waals surface area contributed by atoms with Crippen molar-refractivity contribution in [1.82, 2.24) is 9.88 Å². The number of aromatic nitrogens is 1. The molecule has 3 heteroatoms. The number of aryl methyl sites for hydroxylation is 3. The fourth-order valence-corrected chi connectivity index (χ4v) is 4.39. The third-order valence-corrected chi connectivity index (χ3v) is 5.96. The highest BCUT2D eigenvalue weighted by Gasteiger charge is 2.11. The molecule has 1 aromatic heterocycles. The van der Waals surface area contributed by atoms with Crippen LogP contribution in [0.15, 0.2) is 23.2 Å². The number of piperidine rings is 1. The third kappa shape index (κ3) is 4.07. The fourth-order valence-electron chi connectivity index (χ4n) is 3.30. The Morgan fingerprint density at radius 2 is 1.78 bits per heavy atom. The van der Waals surface area contributed by atoms with E-state index in [4.69, 9.17) is 4.98 Å². The zero-order valence-corrected chi connectivity index (χ0v) is 15.5. The molecule has 1 aromatic carbocycles. The molecule has 1 aliphatic heterocycles. The minimum absolute atomic E-state index is 1.06. The highest BCUT2D eigenvalue weighted by Crippen LogP contribution is 2.27. The zero-order chi connectivity index (χ0) is 16.2. The molecule has 1 fully saturated rings. The second kappa shape index (κ2) is 7.67. The van der Waals surface area contributed by atoms with Crippen LogP contribution in [-0.2, 0) is 6.42 Å². The SMILES string of the molecule is CCc1cc2cc(C)c(C)cc2nc1SCCN1CCCCC1. The fraction of sp³-hybridized carbons (Fsp3) is 0.550. The summed E-state index contributed by atoms with van der Waals surface area (Å²) in [5.74, 6) is 1.15. The average molecular weight is 329 g/mol. The molecule has 1 saturated heterocycles. The molecule has 0 aliphatic carbocycles. The first-order valence-corrected chi connectivity index (χ1v) is 9.92. The van der Waals surface area contributed by atoms with Crippen molar-refractivity contribution in [2.24, 2.45) is 0 Å². The first kappa shape index (κ1) is 16.8. The maximum absolute atomic E-state index is 4.98. The molecule has 2 nitrogen and oxygen atoms in total. The van der Waals surface area contributed by atoms with E-state index in [-0.39, 0.29) is 0 Å². The minimum Gasteiger partial charge on any atom is -0.303 e. The first-order chi connectivity index (χ1) is 11.2. The van der Waals surface area contributed by atoms with Crippen LogP contribution < -0.4 is 0 Å². The van der Waals surface area contributed by atoms with Gasteiger partial charge in [0.05, 0.1) is 10.5 Å². The lowest BCUT2D eigenvalue weighted by molar-refractivity contribution is 0.242. The summed E-state index contributed by atoms with van der Waals surface area (Å²) in [5.41, 5.74) is 5.22. The van der Waals surface area contributed by atoms with Gasteiger partial charge in [0.1, 0.15) is 0 Å². The smallest absolute Gasteiger partial charge is 0.0999 e. The predicted octanol–water partition coefficient (Wildman–Crippen LogP) is 4.99. The Kier molecular flexibility index (Phi) is 5.60. The summed E-state index contributed by atoms with van der Waals surface area (Å²) < 4.78 is 0. The largest absolute Gasteiger partial charge is 0.303 e. The first-order valence-electron chi connectivity index (χ1n) is 8.93. The van der Waals surface area contributed by atoms with E-state index in [1.807, 2.05) is 11.8 Å². The van der Waals surface area contributed by atoms with Gasteiger partial charge in [-0.15, -0.1) is 11.8 Å². The molecule has 0 unspecified atom stereocenters. The lowest BCUT2D eigenvalue weighted by Gasteiger charge is -2.26. The predicted molar refractivity (Wildman–Crippen MR) is 102 cm³/mol. The Hall–Kier alpha value is -1.06. The second-order valence-electron chi connectivity index (χ2n) is 6.69. The van der Waals surface area contributed by atoms with Gasteiger partial charge in [-0.05, 0) is 81.1 Å². The Morgan fingerprint density at radius 3 is 2.52 bits per heavy atom. The van der Waals surface area contributed by atoms with E-state index in [0.29, 0.717) is 0 Å². The summed E-state index contributed by atoms with van der Waals surface area (Å²) in [7, 11) is 0. The maximum atomic E-state index is 4.98. The average Bonchev–Trinajstić information content (AvgIpc) is 2.56. The minimum atomic E-state index is 1.06. The Morgan fingerprint density at radius 1 is 1.04 bits per heavy atom. The number of benzene rings is 1. The van der Waals surface area contributed by atoms with Crippen LogP contribution in [0.5, 0.6) is 0 Å².